The second-order valence-electron chi connectivity index (χ2n) is 9.11. The first-order valence-corrected chi connectivity index (χ1v) is 12.5. The van der Waals surface area contributed by atoms with Gasteiger partial charge in [-0.2, -0.15) is 10.4 Å². The largest absolute Gasteiger partial charge is 0.497 e. The molecule has 7 heteroatoms. The molecular weight excluding hydrogens is 488 g/mol. The maximum absolute atomic E-state index is 13.7. The van der Waals surface area contributed by atoms with Crippen molar-refractivity contribution in [3.63, 3.8) is 0 Å². The van der Waals surface area contributed by atoms with Crippen molar-refractivity contribution in [3.05, 3.63) is 119 Å². The number of hydrogen-bond donors (Lipinski definition) is 0. The Kier molecular flexibility index (Phi) is 7.19. The van der Waals surface area contributed by atoms with Crippen molar-refractivity contribution < 1.29 is 14.3 Å². The van der Waals surface area contributed by atoms with Crippen LogP contribution in [0.3, 0.4) is 0 Å². The third-order valence-corrected chi connectivity index (χ3v) is 6.72. The number of benzene rings is 3. The summed E-state index contributed by atoms with van der Waals surface area (Å²) in [7, 11) is 1.61. The summed E-state index contributed by atoms with van der Waals surface area (Å²) >= 11 is 0. The number of para-hydroxylation sites is 1. The number of methoxy groups -OCH3 is 1. The number of ether oxygens (including phenoxy) is 1. The van der Waals surface area contributed by atoms with Crippen LogP contribution in [-0.2, 0) is 16.0 Å². The molecule has 2 amide bonds. The van der Waals surface area contributed by atoms with Gasteiger partial charge >= 0.3 is 0 Å². The molecule has 1 aliphatic rings. The van der Waals surface area contributed by atoms with Gasteiger partial charge in [0, 0.05) is 29.4 Å². The Hall–Kier alpha value is -5.22. The van der Waals surface area contributed by atoms with Crippen LogP contribution in [0.4, 0.5) is 0 Å². The summed E-state index contributed by atoms with van der Waals surface area (Å²) in [6.07, 6.45) is 4.06. The molecule has 0 bridgehead atoms. The topological polar surface area (TPSA) is 88.2 Å². The zero-order valence-electron chi connectivity index (χ0n) is 21.7. The molecule has 1 aliphatic heterocycles. The number of rotatable bonds is 7. The average Bonchev–Trinajstić information content (AvgIpc) is 3.40. The van der Waals surface area contributed by atoms with E-state index in [1.807, 2.05) is 97.2 Å². The summed E-state index contributed by atoms with van der Waals surface area (Å²) in [5.41, 5.74) is 4.64. The van der Waals surface area contributed by atoms with Gasteiger partial charge < -0.3 is 4.74 Å². The molecule has 3 aromatic carbocycles. The zero-order valence-corrected chi connectivity index (χ0v) is 21.7. The van der Waals surface area contributed by atoms with Crippen LogP contribution >= 0.6 is 0 Å². The molecule has 4 aromatic rings. The summed E-state index contributed by atoms with van der Waals surface area (Å²) < 4.78 is 7.06. The highest BCUT2D eigenvalue weighted by Gasteiger charge is 2.35. The minimum atomic E-state index is -0.566. The van der Waals surface area contributed by atoms with E-state index < -0.39 is 11.8 Å². The molecule has 2 heterocycles. The van der Waals surface area contributed by atoms with Crippen LogP contribution in [-0.4, -0.2) is 40.1 Å². The van der Waals surface area contributed by atoms with Gasteiger partial charge in [0.2, 0.25) is 0 Å². The lowest BCUT2D eigenvalue weighted by molar-refractivity contribution is -0.140. The number of imide groups is 1. The highest BCUT2D eigenvalue weighted by molar-refractivity contribution is 6.19. The van der Waals surface area contributed by atoms with Crippen molar-refractivity contribution in [2.45, 2.75) is 13.3 Å². The van der Waals surface area contributed by atoms with Crippen LogP contribution < -0.4 is 4.74 Å². The Bertz CT molecular complexity index is 1630. The minimum absolute atomic E-state index is 0.0321. The molecule has 1 aromatic heterocycles. The van der Waals surface area contributed by atoms with Crippen LogP contribution in [0.5, 0.6) is 5.75 Å². The number of carbonyl (C=O) groups excluding carboxylic acids is 2. The van der Waals surface area contributed by atoms with Gasteiger partial charge in [0.25, 0.3) is 11.8 Å². The number of nitriles is 1. The molecule has 0 N–H and O–H groups in total. The molecule has 0 saturated heterocycles. The summed E-state index contributed by atoms with van der Waals surface area (Å²) in [6, 6.07) is 28.8. The van der Waals surface area contributed by atoms with Crippen LogP contribution in [0.1, 0.15) is 18.1 Å². The van der Waals surface area contributed by atoms with E-state index in [9.17, 15) is 14.9 Å². The van der Waals surface area contributed by atoms with E-state index in [0.717, 1.165) is 16.8 Å². The smallest absolute Gasteiger partial charge is 0.271 e. The van der Waals surface area contributed by atoms with E-state index >= 15 is 0 Å². The monoisotopic (exact) mass is 514 g/mol. The molecule has 0 radical (unpaired) electrons. The fourth-order valence-corrected chi connectivity index (χ4v) is 4.55. The Morgan fingerprint density at radius 2 is 1.59 bits per heavy atom. The van der Waals surface area contributed by atoms with Gasteiger partial charge in [0.05, 0.1) is 18.5 Å². The van der Waals surface area contributed by atoms with E-state index in [-0.39, 0.29) is 12.1 Å². The van der Waals surface area contributed by atoms with Gasteiger partial charge in [0.1, 0.15) is 17.4 Å². The van der Waals surface area contributed by atoms with Gasteiger partial charge in [-0.3, -0.25) is 14.5 Å². The summed E-state index contributed by atoms with van der Waals surface area (Å²) in [4.78, 5) is 28.0. The molecular formula is C32H26N4O3. The molecule has 192 valence electrons. The minimum Gasteiger partial charge on any atom is -0.497 e. The van der Waals surface area contributed by atoms with Gasteiger partial charge in [-0.1, -0.05) is 48.5 Å². The fraction of sp³-hybridized carbons (Fsp3) is 0.125. The number of carbonyl (C=O) groups is 2. The zero-order chi connectivity index (χ0) is 27.4. The Morgan fingerprint density at radius 1 is 0.923 bits per heavy atom. The van der Waals surface area contributed by atoms with Crippen molar-refractivity contribution in [3.8, 4) is 28.8 Å². The molecule has 0 aliphatic carbocycles. The summed E-state index contributed by atoms with van der Waals surface area (Å²) in [5, 5.41) is 14.6. The standard InChI is InChI=1S/C32H26N4O3/c1-22-28(31(37)35(32(38)29(22)20-33)18-17-23-9-5-3-6-10-23)19-25-21-36(26-11-7-4-8-12-26)34-30(25)24-13-15-27(39-2)16-14-24/h3-16,19,21H,17-18H2,1-2H3/b28-19+. The third kappa shape index (κ3) is 5.13. The van der Waals surface area contributed by atoms with Gasteiger partial charge in [0.15, 0.2) is 0 Å². The Labute approximate surface area is 226 Å². The number of amides is 2. The van der Waals surface area contributed by atoms with Crippen LogP contribution in [0, 0.1) is 11.3 Å². The van der Waals surface area contributed by atoms with Gasteiger partial charge in [-0.25, -0.2) is 4.68 Å². The molecule has 0 unspecified atom stereocenters. The van der Waals surface area contributed by atoms with Crippen LogP contribution in [0.15, 0.2) is 108 Å². The van der Waals surface area contributed by atoms with Crippen molar-refractivity contribution in [2.75, 3.05) is 13.7 Å². The first kappa shape index (κ1) is 25.4. The number of hydrogen-bond acceptors (Lipinski definition) is 5. The molecule has 39 heavy (non-hydrogen) atoms. The second-order valence-corrected chi connectivity index (χ2v) is 9.11. The average molecular weight is 515 g/mol. The van der Waals surface area contributed by atoms with E-state index in [0.29, 0.717) is 34.6 Å². The predicted octanol–water partition coefficient (Wildman–Crippen LogP) is 5.38. The summed E-state index contributed by atoms with van der Waals surface area (Å²) in [6.45, 7) is 1.81. The Balaban J connectivity index is 1.60. The van der Waals surface area contributed by atoms with Crippen LogP contribution in [0.25, 0.3) is 23.0 Å². The molecule has 5 rings (SSSR count). The maximum Gasteiger partial charge on any atom is 0.271 e. The van der Waals surface area contributed by atoms with Crippen molar-refractivity contribution in [2.24, 2.45) is 0 Å². The van der Waals surface area contributed by atoms with E-state index in [1.54, 1.807) is 24.8 Å². The maximum atomic E-state index is 13.7. The molecule has 0 fully saturated rings. The van der Waals surface area contributed by atoms with Crippen LogP contribution in [0.2, 0.25) is 0 Å². The predicted molar refractivity (Wildman–Crippen MR) is 149 cm³/mol. The normalized spacial score (nSPS) is 14.6. The number of nitrogens with zero attached hydrogens (tertiary/aromatic N) is 4. The first-order valence-electron chi connectivity index (χ1n) is 12.5. The first-order chi connectivity index (χ1) is 19.0. The summed E-state index contributed by atoms with van der Waals surface area (Å²) in [5.74, 6) is -0.280. The lowest BCUT2D eigenvalue weighted by Crippen LogP contribution is -2.43. The highest BCUT2D eigenvalue weighted by atomic mass is 16.5. The molecule has 0 spiro atoms. The molecule has 0 saturated carbocycles. The number of aromatic nitrogens is 2. The van der Waals surface area contributed by atoms with Gasteiger partial charge in [-0.15, -0.1) is 0 Å². The Morgan fingerprint density at radius 3 is 2.23 bits per heavy atom. The SMILES string of the molecule is COc1ccc(-c2nn(-c3ccccc3)cc2/C=C2/C(=O)N(CCc3ccccc3)C(=O)C(C#N)=C2C)cc1. The lowest BCUT2D eigenvalue weighted by atomic mass is 9.93. The van der Waals surface area contributed by atoms with Crippen molar-refractivity contribution in [1.29, 1.82) is 5.26 Å². The van der Waals surface area contributed by atoms with E-state index in [2.05, 4.69) is 0 Å². The van der Waals surface area contributed by atoms with Crippen molar-refractivity contribution in [1.82, 2.24) is 14.7 Å². The van der Waals surface area contributed by atoms with Gasteiger partial charge in [-0.05, 0) is 67.0 Å². The van der Waals surface area contributed by atoms with Crippen molar-refractivity contribution >= 4 is 17.9 Å². The third-order valence-electron chi connectivity index (χ3n) is 6.72. The second kappa shape index (κ2) is 11.0. The highest BCUT2D eigenvalue weighted by Crippen LogP contribution is 2.32. The molecule has 0 atom stereocenters. The fourth-order valence-electron chi connectivity index (χ4n) is 4.55. The van der Waals surface area contributed by atoms with E-state index in [4.69, 9.17) is 9.84 Å². The molecule has 7 nitrogen and oxygen atoms in total. The van der Waals surface area contributed by atoms with E-state index in [1.165, 1.54) is 4.90 Å². The lowest BCUT2D eigenvalue weighted by Gasteiger charge is -2.27. The quantitative estimate of drug-likeness (QED) is 0.244.